The lowest BCUT2D eigenvalue weighted by atomic mass is 9.78. The number of carbonyl (C=O) groups excluding carboxylic acids is 2. The highest BCUT2D eigenvalue weighted by atomic mass is 28.3. The predicted molar refractivity (Wildman–Crippen MR) is 149 cm³/mol. The Morgan fingerprint density at radius 3 is 1.81 bits per heavy atom. The van der Waals surface area contributed by atoms with E-state index in [4.69, 9.17) is 9.47 Å². The van der Waals surface area contributed by atoms with Crippen LogP contribution in [0, 0.1) is 16.9 Å². The molecule has 0 N–H and O–H groups in total. The zero-order valence-electron chi connectivity index (χ0n) is 23.0. The van der Waals surface area contributed by atoms with Crippen molar-refractivity contribution in [1.29, 1.82) is 0 Å². The minimum absolute atomic E-state index is 0.0953. The first-order chi connectivity index (χ1) is 17.1. The van der Waals surface area contributed by atoms with Crippen molar-refractivity contribution >= 4 is 20.0 Å². The van der Waals surface area contributed by atoms with Gasteiger partial charge in [-0.3, -0.25) is 9.59 Å². The second-order valence-corrected chi connectivity index (χ2v) is 16.1. The summed E-state index contributed by atoms with van der Waals surface area (Å²) in [6.45, 7) is 13.7. The van der Waals surface area contributed by atoms with E-state index in [1.54, 1.807) is 0 Å². The molecule has 2 aromatic rings. The summed E-state index contributed by atoms with van der Waals surface area (Å²) in [7, 11) is -0.767. The Balaban J connectivity index is 2.63. The van der Waals surface area contributed by atoms with Gasteiger partial charge in [-0.25, -0.2) is 0 Å². The maximum Gasteiger partial charge on any atom is 0.324 e. The number of esters is 2. The van der Waals surface area contributed by atoms with Crippen LogP contribution < -0.4 is 0 Å². The molecule has 2 aromatic carbocycles. The van der Waals surface area contributed by atoms with E-state index in [-0.39, 0.29) is 31.4 Å². The summed E-state index contributed by atoms with van der Waals surface area (Å²) in [6, 6.07) is 19.5. The average Bonchev–Trinajstić information content (AvgIpc) is 2.86. The molecule has 2 rings (SSSR count). The van der Waals surface area contributed by atoms with Gasteiger partial charge in [-0.2, -0.15) is 0 Å². The summed E-state index contributed by atoms with van der Waals surface area (Å²) in [5.41, 5.74) is 5.75. The van der Waals surface area contributed by atoms with E-state index in [2.05, 4.69) is 53.0 Å². The van der Waals surface area contributed by atoms with Crippen molar-refractivity contribution in [2.45, 2.75) is 84.0 Å². The molecule has 36 heavy (non-hydrogen) atoms. The Hall–Kier alpha value is -2.84. The molecule has 0 radical (unpaired) electrons. The first kappa shape index (κ1) is 29.4. The normalized spacial score (nSPS) is 13.2. The van der Waals surface area contributed by atoms with Crippen LogP contribution in [0.2, 0.25) is 16.6 Å². The maximum absolute atomic E-state index is 13.9. The van der Waals surface area contributed by atoms with Crippen LogP contribution in [0.1, 0.15) is 65.5 Å². The summed E-state index contributed by atoms with van der Waals surface area (Å²) in [5, 5.41) is 0. The lowest BCUT2D eigenvalue weighted by Gasteiger charge is -2.38. The van der Waals surface area contributed by atoms with Gasteiger partial charge in [0.2, 0.25) is 0 Å². The molecule has 5 heteroatoms. The molecule has 0 spiro atoms. The van der Waals surface area contributed by atoms with Crippen LogP contribution in [0.5, 0.6) is 0 Å². The van der Waals surface area contributed by atoms with Crippen LogP contribution in [0.15, 0.2) is 60.7 Å². The molecule has 0 aromatic heterocycles. The zero-order valence-corrected chi connectivity index (χ0v) is 24.0. The van der Waals surface area contributed by atoms with E-state index in [0.717, 1.165) is 11.1 Å². The fraction of sp³-hybridized carbons (Fsp3) is 0.484. The highest BCUT2D eigenvalue weighted by Crippen LogP contribution is 2.42. The second-order valence-electron chi connectivity index (χ2n) is 10.5. The van der Waals surface area contributed by atoms with Gasteiger partial charge >= 0.3 is 11.9 Å². The topological polar surface area (TPSA) is 52.6 Å². The highest BCUT2D eigenvalue weighted by Gasteiger charge is 2.44. The molecular weight excluding hydrogens is 464 g/mol. The third-order valence-electron chi connectivity index (χ3n) is 7.32. The van der Waals surface area contributed by atoms with Crippen molar-refractivity contribution in [3.63, 3.8) is 0 Å². The van der Waals surface area contributed by atoms with E-state index < -0.39 is 13.5 Å². The lowest BCUT2D eigenvalue weighted by Crippen LogP contribution is -2.44. The fourth-order valence-electron chi connectivity index (χ4n) is 5.30. The number of rotatable bonds is 11. The van der Waals surface area contributed by atoms with Crippen LogP contribution in [-0.4, -0.2) is 27.1 Å². The first-order valence-electron chi connectivity index (χ1n) is 12.9. The molecule has 1 atom stereocenters. The molecule has 0 saturated carbocycles. The van der Waals surface area contributed by atoms with Gasteiger partial charge in [0.05, 0.1) is 7.11 Å². The molecule has 1 unspecified atom stereocenters. The largest absolute Gasteiger partial charge is 0.469 e. The molecule has 0 aliphatic heterocycles. The third-order valence-corrected chi connectivity index (χ3v) is 13.6. The van der Waals surface area contributed by atoms with Crippen LogP contribution in [0.25, 0.3) is 0 Å². The third kappa shape index (κ3) is 7.33. The molecule has 0 bridgehead atoms. The fourth-order valence-corrected chi connectivity index (χ4v) is 10.6. The molecule has 0 saturated heterocycles. The van der Waals surface area contributed by atoms with Crippen LogP contribution in [0.3, 0.4) is 0 Å². The summed E-state index contributed by atoms with van der Waals surface area (Å²) in [4.78, 5) is 26.1. The van der Waals surface area contributed by atoms with Crippen molar-refractivity contribution in [3.05, 3.63) is 71.8 Å². The first-order valence-corrected chi connectivity index (χ1v) is 15.2. The Morgan fingerprint density at radius 1 is 0.833 bits per heavy atom. The Labute approximate surface area is 218 Å². The van der Waals surface area contributed by atoms with Gasteiger partial charge in [0.15, 0.2) is 0 Å². The summed E-state index contributed by atoms with van der Waals surface area (Å²) >= 11 is 0. The predicted octanol–water partition coefficient (Wildman–Crippen LogP) is 7.13. The number of ether oxygens (including phenoxy) is 2. The smallest absolute Gasteiger partial charge is 0.324 e. The molecule has 4 nitrogen and oxygen atoms in total. The molecule has 0 amide bonds. The Kier molecular flexibility index (Phi) is 11.0. The van der Waals surface area contributed by atoms with Crippen molar-refractivity contribution in [1.82, 2.24) is 0 Å². The average molecular weight is 507 g/mol. The minimum atomic E-state index is -2.14. The Morgan fingerprint density at radius 2 is 1.33 bits per heavy atom. The number of carbonyl (C=O) groups is 2. The number of benzene rings is 2. The standard InChI is InChI=1S/C31H42O4Si/c1-24(2)36(25(3)4,26(5)6)21-20-31(19-18-29(32)34-7,22-27-14-10-8-11-15-27)30(33)35-23-28-16-12-9-13-17-28/h8-17,24-26H,18-19,22-23H2,1-7H3. The van der Waals surface area contributed by atoms with Crippen LogP contribution in [-0.2, 0) is 32.1 Å². The molecular formula is C31H42O4Si. The molecule has 0 heterocycles. The minimum Gasteiger partial charge on any atom is -0.469 e. The van der Waals surface area contributed by atoms with Gasteiger partial charge in [0, 0.05) is 6.42 Å². The summed E-state index contributed by atoms with van der Waals surface area (Å²) in [5.74, 6) is 2.77. The van der Waals surface area contributed by atoms with Gasteiger partial charge < -0.3 is 9.47 Å². The van der Waals surface area contributed by atoms with Gasteiger partial charge in [-0.05, 0) is 40.6 Å². The zero-order chi connectivity index (χ0) is 26.8. The number of hydrogen-bond acceptors (Lipinski definition) is 4. The molecule has 0 aliphatic carbocycles. The lowest BCUT2D eigenvalue weighted by molar-refractivity contribution is -0.155. The molecule has 0 aliphatic rings. The highest BCUT2D eigenvalue weighted by molar-refractivity contribution is 6.90. The van der Waals surface area contributed by atoms with E-state index in [1.165, 1.54) is 7.11 Å². The van der Waals surface area contributed by atoms with Crippen molar-refractivity contribution < 1.29 is 19.1 Å². The van der Waals surface area contributed by atoms with Crippen molar-refractivity contribution in [2.75, 3.05) is 7.11 Å². The SMILES string of the molecule is COC(=O)CCC(C#C[Si](C(C)C)(C(C)C)C(C)C)(Cc1ccccc1)C(=O)OCc1ccccc1. The van der Waals surface area contributed by atoms with E-state index in [1.807, 2.05) is 60.7 Å². The van der Waals surface area contributed by atoms with Crippen LogP contribution >= 0.6 is 0 Å². The van der Waals surface area contributed by atoms with Crippen LogP contribution in [0.4, 0.5) is 0 Å². The van der Waals surface area contributed by atoms with E-state index in [0.29, 0.717) is 23.0 Å². The number of hydrogen-bond donors (Lipinski definition) is 0. The monoisotopic (exact) mass is 506 g/mol. The van der Waals surface area contributed by atoms with Gasteiger partial charge in [-0.15, -0.1) is 5.54 Å². The quantitative estimate of drug-likeness (QED) is 0.185. The molecule has 0 fully saturated rings. The van der Waals surface area contributed by atoms with Crippen molar-refractivity contribution in [3.8, 4) is 11.5 Å². The molecule has 194 valence electrons. The van der Waals surface area contributed by atoms with Gasteiger partial charge in [-0.1, -0.05) is 108 Å². The summed E-state index contributed by atoms with van der Waals surface area (Å²) in [6.07, 6.45) is 0.718. The number of methoxy groups -OCH3 is 1. The summed E-state index contributed by atoms with van der Waals surface area (Å²) < 4.78 is 10.8. The maximum atomic E-state index is 13.9. The van der Waals surface area contributed by atoms with E-state index in [9.17, 15) is 9.59 Å². The Bertz CT molecular complexity index is 1010. The second kappa shape index (κ2) is 13.5. The van der Waals surface area contributed by atoms with Gasteiger partial charge in [0.25, 0.3) is 0 Å². The van der Waals surface area contributed by atoms with E-state index >= 15 is 0 Å². The van der Waals surface area contributed by atoms with Gasteiger partial charge in [0.1, 0.15) is 20.1 Å². The van der Waals surface area contributed by atoms with Crippen molar-refractivity contribution in [2.24, 2.45) is 5.41 Å².